The smallest absolute Gasteiger partial charge is 0.126 e. The summed E-state index contributed by atoms with van der Waals surface area (Å²) in [7, 11) is 0. The van der Waals surface area contributed by atoms with Crippen molar-refractivity contribution in [2.75, 3.05) is 13.2 Å². The number of rotatable bonds is 3. The fourth-order valence-electron chi connectivity index (χ4n) is 2.04. The summed E-state index contributed by atoms with van der Waals surface area (Å²) in [5.74, 6) is 1.60. The van der Waals surface area contributed by atoms with Gasteiger partial charge in [-0.05, 0) is 18.1 Å². The van der Waals surface area contributed by atoms with Crippen molar-refractivity contribution in [3.63, 3.8) is 0 Å². The fourth-order valence-corrected chi connectivity index (χ4v) is 2.04. The zero-order valence-corrected chi connectivity index (χ0v) is 9.86. The average Bonchev–Trinajstić information content (AvgIpc) is 2.25. The van der Waals surface area contributed by atoms with Crippen molar-refractivity contribution >= 4 is 0 Å². The molecule has 2 rings (SSSR count). The van der Waals surface area contributed by atoms with Gasteiger partial charge in [-0.2, -0.15) is 0 Å². The van der Waals surface area contributed by atoms with Crippen LogP contribution in [-0.2, 0) is 0 Å². The Balaban J connectivity index is 2.13. The van der Waals surface area contributed by atoms with Gasteiger partial charge in [0, 0.05) is 24.6 Å². The number of ether oxygens (including phenoxy) is 1. The summed E-state index contributed by atoms with van der Waals surface area (Å²) in [5.41, 5.74) is 1.21. The number of aromatic hydroxyl groups is 1. The average molecular weight is 221 g/mol. The minimum atomic E-state index is 0.274. The quantitative estimate of drug-likeness (QED) is 0.822. The van der Waals surface area contributed by atoms with Crippen LogP contribution >= 0.6 is 0 Å². The normalized spacial score (nSPS) is 19.3. The maximum Gasteiger partial charge on any atom is 0.126 e. The van der Waals surface area contributed by atoms with Crippen molar-refractivity contribution in [1.82, 2.24) is 5.32 Å². The largest absolute Gasteiger partial charge is 0.508 e. The Labute approximate surface area is 96.4 Å². The van der Waals surface area contributed by atoms with Gasteiger partial charge in [0.05, 0.1) is 6.61 Å². The summed E-state index contributed by atoms with van der Waals surface area (Å²) in [5, 5.41) is 12.8. The predicted octanol–water partition coefficient (Wildman–Crippen LogP) is 2.26. The number of benzene rings is 1. The third-order valence-electron chi connectivity index (χ3n) is 2.93. The zero-order valence-electron chi connectivity index (χ0n) is 9.86. The minimum absolute atomic E-state index is 0.274. The number of phenolic OH excluding ortho intramolecular Hbond substituents is 1. The van der Waals surface area contributed by atoms with Gasteiger partial charge in [0.2, 0.25) is 0 Å². The molecule has 1 aliphatic rings. The number of nitrogens with one attached hydrogen (secondary N) is 1. The zero-order chi connectivity index (χ0) is 11.5. The Hall–Kier alpha value is -1.22. The van der Waals surface area contributed by atoms with Crippen molar-refractivity contribution < 1.29 is 9.84 Å². The lowest BCUT2D eigenvalue weighted by atomic mass is 9.93. The van der Waals surface area contributed by atoms with E-state index < -0.39 is 0 Å². The molecule has 88 valence electrons. The van der Waals surface area contributed by atoms with Crippen LogP contribution in [0.4, 0.5) is 0 Å². The standard InChI is InChI=1S/C13H19NO2/c1-9(2)14-8-10-5-6-16-13-7-11(15)3-4-12(10)13/h3-4,7,9-10,14-15H,5-6,8H2,1-2H3. The van der Waals surface area contributed by atoms with Crippen molar-refractivity contribution in [2.24, 2.45) is 0 Å². The molecule has 0 amide bonds. The van der Waals surface area contributed by atoms with Crippen molar-refractivity contribution in [1.29, 1.82) is 0 Å². The molecule has 1 heterocycles. The van der Waals surface area contributed by atoms with E-state index in [1.165, 1.54) is 5.56 Å². The van der Waals surface area contributed by atoms with Crippen LogP contribution in [-0.4, -0.2) is 24.3 Å². The van der Waals surface area contributed by atoms with Crippen molar-refractivity contribution in [2.45, 2.75) is 32.2 Å². The first kappa shape index (κ1) is 11.3. The lowest BCUT2D eigenvalue weighted by Gasteiger charge is -2.27. The Bertz CT molecular complexity index is 363. The van der Waals surface area contributed by atoms with Gasteiger partial charge in [-0.3, -0.25) is 0 Å². The van der Waals surface area contributed by atoms with E-state index in [9.17, 15) is 5.11 Å². The summed E-state index contributed by atoms with van der Waals surface area (Å²) in [6.45, 7) is 6.01. The van der Waals surface area contributed by atoms with Crippen LogP contribution in [0.1, 0.15) is 31.7 Å². The molecule has 1 aliphatic heterocycles. The maximum absolute atomic E-state index is 9.40. The molecule has 1 aromatic carbocycles. The summed E-state index contributed by atoms with van der Waals surface area (Å²) in [6, 6.07) is 5.91. The first-order valence-electron chi connectivity index (χ1n) is 5.86. The van der Waals surface area contributed by atoms with E-state index in [4.69, 9.17) is 4.74 Å². The van der Waals surface area contributed by atoms with E-state index in [2.05, 4.69) is 19.2 Å². The predicted molar refractivity (Wildman–Crippen MR) is 64.1 cm³/mol. The van der Waals surface area contributed by atoms with Crippen LogP contribution in [0.15, 0.2) is 18.2 Å². The van der Waals surface area contributed by atoms with Gasteiger partial charge in [-0.25, -0.2) is 0 Å². The third-order valence-corrected chi connectivity index (χ3v) is 2.93. The van der Waals surface area contributed by atoms with E-state index in [0.717, 1.165) is 25.3 Å². The Morgan fingerprint density at radius 1 is 1.50 bits per heavy atom. The van der Waals surface area contributed by atoms with Crippen LogP contribution < -0.4 is 10.1 Å². The number of hydrogen-bond acceptors (Lipinski definition) is 3. The SMILES string of the molecule is CC(C)NCC1CCOc2cc(O)ccc21. The molecule has 0 fully saturated rings. The molecule has 0 aromatic heterocycles. The van der Waals surface area contributed by atoms with Crippen LogP contribution in [0.5, 0.6) is 11.5 Å². The number of hydrogen-bond donors (Lipinski definition) is 2. The van der Waals surface area contributed by atoms with Crippen molar-refractivity contribution in [3.05, 3.63) is 23.8 Å². The first-order valence-corrected chi connectivity index (χ1v) is 5.86. The minimum Gasteiger partial charge on any atom is -0.508 e. The summed E-state index contributed by atoms with van der Waals surface area (Å²) in [6.07, 6.45) is 1.04. The highest BCUT2D eigenvalue weighted by molar-refractivity contribution is 5.43. The molecule has 2 N–H and O–H groups in total. The van der Waals surface area contributed by atoms with Gasteiger partial charge < -0.3 is 15.2 Å². The maximum atomic E-state index is 9.40. The van der Waals surface area contributed by atoms with Gasteiger partial charge >= 0.3 is 0 Å². The molecule has 0 bridgehead atoms. The van der Waals surface area contributed by atoms with Crippen LogP contribution in [0, 0.1) is 0 Å². The van der Waals surface area contributed by atoms with Gasteiger partial charge in [0.15, 0.2) is 0 Å². The van der Waals surface area contributed by atoms with Gasteiger partial charge in [0.1, 0.15) is 11.5 Å². The highest BCUT2D eigenvalue weighted by Gasteiger charge is 2.21. The van der Waals surface area contributed by atoms with Gasteiger partial charge in [0.25, 0.3) is 0 Å². The van der Waals surface area contributed by atoms with Crippen LogP contribution in [0.3, 0.4) is 0 Å². The molecule has 0 radical (unpaired) electrons. The van der Waals surface area contributed by atoms with E-state index in [1.54, 1.807) is 12.1 Å². The molecule has 0 saturated heterocycles. The second kappa shape index (κ2) is 4.74. The Morgan fingerprint density at radius 2 is 2.31 bits per heavy atom. The lowest BCUT2D eigenvalue weighted by Crippen LogP contribution is -2.30. The van der Waals surface area contributed by atoms with E-state index in [1.807, 2.05) is 6.07 Å². The van der Waals surface area contributed by atoms with Gasteiger partial charge in [-0.1, -0.05) is 19.9 Å². The number of fused-ring (bicyclic) bond motifs is 1. The second-order valence-corrected chi connectivity index (χ2v) is 4.62. The molecule has 1 unspecified atom stereocenters. The van der Waals surface area contributed by atoms with E-state index in [-0.39, 0.29) is 5.75 Å². The Morgan fingerprint density at radius 3 is 3.06 bits per heavy atom. The highest BCUT2D eigenvalue weighted by atomic mass is 16.5. The van der Waals surface area contributed by atoms with Crippen molar-refractivity contribution in [3.8, 4) is 11.5 Å². The summed E-state index contributed by atoms with van der Waals surface area (Å²) < 4.78 is 5.55. The molecule has 1 aromatic rings. The second-order valence-electron chi connectivity index (χ2n) is 4.62. The molecular weight excluding hydrogens is 202 g/mol. The van der Waals surface area contributed by atoms with E-state index in [0.29, 0.717) is 12.0 Å². The summed E-state index contributed by atoms with van der Waals surface area (Å²) >= 11 is 0. The van der Waals surface area contributed by atoms with Crippen LogP contribution in [0.2, 0.25) is 0 Å². The lowest BCUT2D eigenvalue weighted by molar-refractivity contribution is 0.262. The third kappa shape index (κ3) is 2.47. The molecule has 0 aliphatic carbocycles. The van der Waals surface area contributed by atoms with Gasteiger partial charge in [-0.15, -0.1) is 0 Å². The molecule has 16 heavy (non-hydrogen) atoms. The molecular formula is C13H19NO2. The topological polar surface area (TPSA) is 41.5 Å². The molecule has 0 saturated carbocycles. The van der Waals surface area contributed by atoms with Crippen LogP contribution in [0.25, 0.3) is 0 Å². The fraction of sp³-hybridized carbons (Fsp3) is 0.538. The monoisotopic (exact) mass is 221 g/mol. The molecule has 1 atom stereocenters. The summed E-state index contributed by atoms with van der Waals surface area (Å²) in [4.78, 5) is 0. The molecule has 0 spiro atoms. The highest BCUT2D eigenvalue weighted by Crippen LogP contribution is 2.35. The molecule has 3 nitrogen and oxygen atoms in total. The number of phenols is 1. The molecule has 3 heteroatoms. The van der Waals surface area contributed by atoms with E-state index >= 15 is 0 Å². The first-order chi connectivity index (χ1) is 7.66. The Kier molecular flexibility index (Phi) is 3.34.